The fraction of sp³-hybridized carbons (Fsp3) is 0.368. The average Bonchev–Trinajstić information content (AvgIpc) is 3.29. The van der Waals surface area contributed by atoms with Gasteiger partial charge in [-0.25, -0.2) is 0 Å². The molecule has 0 radical (unpaired) electrons. The maximum Gasteiger partial charge on any atom is 0.260 e. The number of amides is 1. The summed E-state index contributed by atoms with van der Waals surface area (Å²) < 4.78 is 23.7. The predicted molar refractivity (Wildman–Crippen MR) is 187 cm³/mol. The number of fused-ring (bicyclic) bond motifs is 6. The van der Waals surface area contributed by atoms with E-state index in [4.69, 9.17) is 14.2 Å². The molecule has 1 fully saturated rings. The van der Waals surface area contributed by atoms with Crippen molar-refractivity contribution in [2.75, 3.05) is 20.3 Å². The van der Waals surface area contributed by atoms with Crippen molar-refractivity contribution in [2.45, 2.75) is 70.6 Å². The highest BCUT2D eigenvalue weighted by Crippen LogP contribution is 2.49. The highest BCUT2D eigenvalue weighted by molar-refractivity contribution is 8.14. The fourth-order valence-electron chi connectivity index (χ4n) is 7.29. The first kappa shape index (κ1) is 29.7. The van der Waals surface area contributed by atoms with Gasteiger partial charge in [0.25, 0.3) is 5.91 Å². The lowest BCUT2D eigenvalue weighted by atomic mass is 9.81. The van der Waals surface area contributed by atoms with E-state index in [1.165, 1.54) is 54.3 Å². The number of carbonyl (C=O) groups excluding carboxylic acids is 1. The Hall–Kier alpha value is -3.97. The molecule has 3 heterocycles. The Labute approximate surface area is 268 Å². The lowest BCUT2D eigenvalue weighted by Crippen LogP contribution is -2.21. The Morgan fingerprint density at radius 2 is 1.84 bits per heavy atom. The number of rotatable bonds is 6. The summed E-state index contributed by atoms with van der Waals surface area (Å²) in [5, 5.41) is 3.69. The molecule has 3 aromatic carbocycles. The van der Waals surface area contributed by atoms with Crippen molar-refractivity contribution in [1.82, 2.24) is 9.29 Å². The minimum atomic E-state index is -0.294. The standard InChI is InChI=1S/C38H42N2O4S/c1-5-45(24(2)3)39-38(41)26-14-16-32-33(22-26)40-23-28(31-12-9-13-34-37(31)44-19-18-43-34)20-27-21-29(42-4)15-17-30(27)36(40)35(32)25-10-7-6-8-11-25/h5,9,12-17,20-22,24-25H,6-8,10-11,18-19,23H2,1-4H3,(H,39,41). The number of ether oxygens (including phenoxy) is 3. The second kappa shape index (κ2) is 12.4. The minimum Gasteiger partial charge on any atom is -0.497 e. The fourth-order valence-corrected chi connectivity index (χ4v) is 8.52. The Kier molecular flexibility index (Phi) is 8.21. The summed E-state index contributed by atoms with van der Waals surface area (Å²) in [5.74, 6) is 2.84. The van der Waals surface area contributed by atoms with Gasteiger partial charge in [0.05, 0.1) is 12.8 Å². The van der Waals surface area contributed by atoms with Crippen LogP contribution in [0.5, 0.6) is 17.2 Å². The number of nitrogens with one attached hydrogen (secondary N) is 1. The summed E-state index contributed by atoms with van der Waals surface area (Å²) in [6, 6.07) is 18.9. The van der Waals surface area contributed by atoms with Gasteiger partial charge in [0.1, 0.15) is 19.0 Å². The third-order valence-electron chi connectivity index (χ3n) is 9.44. The molecule has 6 nitrogen and oxygen atoms in total. The third-order valence-corrected chi connectivity index (χ3v) is 11.4. The van der Waals surface area contributed by atoms with Gasteiger partial charge in [0.15, 0.2) is 11.5 Å². The van der Waals surface area contributed by atoms with Gasteiger partial charge in [0.2, 0.25) is 0 Å². The number of aromatic nitrogens is 1. The number of carbonyl (C=O) groups is 1. The van der Waals surface area contributed by atoms with E-state index in [0.29, 0.717) is 36.5 Å². The molecule has 1 aromatic heterocycles. The molecule has 1 amide bonds. The second-order valence-electron chi connectivity index (χ2n) is 12.5. The lowest BCUT2D eigenvalue weighted by molar-refractivity contribution is 0.0984. The van der Waals surface area contributed by atoms with Crippen LogP contribution < -0.4 is 18.9 Å². The smallest absolute Gasteiger partial charge is 0.260 e. The van der Waals surface area contributed by atoms with E-state index < -0.39 is 0 Å². The summed E-state index contributed by atoms with van der Waals surface area (Å²) >= 11 is 0. The van der Waals surface area contributed by atoms with Gasteiger partial charge in [-0.1, -0.05) is 62.0 Å². The highest BCUT2D eigenvalue weighted by atomic mass is 32.2. The van der Waals surface area contributed by atoms with Crippen LogP contribution in [0.15, 0.2) is 54.6 Å². The van der Waals surface area contributed by atoms with Crippen molar-refractivity contribution in [3.8, 4) is 28.5 Å². The molecule has 2 aliphatic heterocycles. The lowest BCUT2D eigenvalue weighted by Gasteiger charge is -2.24. The summed E-state index contributed by atoms with van der Waals surface area (Å²) in [5.41, 5.74) is 8.93. The molecule has 1 N–H and O–H groups in total. The van der Waals surface area contributed by atoms with E-state index in [1.54, 1.807) is 7.11 Å². The molecule has 45 heavy (non-hydrogen) atoms. The largest absolute Gasteiger partial charge is 0.497 e. The predicted octanol–water partition coefficient (Wildman–Crippen LogP) is 8.83. The number of benzene rings is 3. The van der Waals surface area contributed by atoms with Crippen LogP contribution in [0, 0.1) is 0 Å². The van der Waals surface area contributed by atoms with Gasteiger partial charge in [-0.05, 0) is 90.2 Å². The first-order chi connectivity index (χ1) is 22.0. The summed E-state index contributed by atoms with van der Waals surface area (Å²) in [6.07, 6.45) is 8.43. The van der Waals surface area contributed by atoms with Crippen LogP contribution in [0.2, 0.25) is 0 Å². The molecule has 1 aliphatic carbocycles. The van der Waals surface area contributed by atoms with Crippen molar-refractivity contribution in [3.05, 3.63) is 76.9 Å². The topological polar surface area (TPSA) is 61.7 Å². The van der Waals surface area contributed by atoms with E-state index in [2.05, 4.69) is 71.0 Å². The molecule has 3 aliphatic rings. The Balaban J connectivity index is 1.47. The third kappa shape index (κ3) is 5.45. The molecule has 234 valence electrons. The van der Waals surface area contributed by atoms with E-state index >= 15 is 0 Å². The normalized spacial score (nSPS) is 17.0. The Bertz CT molecular complexity index is 1840. The van der Waals surface area contributed by atoms with Gasteiger partial charge in [-0.15, -0.1) is 0 Å². The molecule has 0 saturated heterocycles. The highest BCUT2D eigenvalue weighted by Gasteiger charge is 2.31. The molecule has 1 atom stereocenters. The van der Waals surface area contributed by atoms with Crippen LogP contribution in [0.4, 0.5) is 0 Å². The summed E-state index contributed by atoms with van der Waals surface area (Å²) in [6.45, 7) is 8.02. The number of nitrogens with zero attached hydrogens (tertiary/aromatic N) is 1. The molecule has 0 spiro atoms. The maximum absolute atomic E-state index is 13.6. The van der Waals surface area contributed by atoms with Crippen molar-refractivity contribution in [3.63, 3.8) is 0 Å². The van der Waals surface area contributed by atoms with Crippen LogP contribution in [0.1, 0.15) is 85.8 Å². The van der Waals surface area contributed by atoms with Crippen molar-refractivity contribution < 1.29 is 19.0 Å². The van der Waals surface area contributed by atoms with Crippen LogP contribution in [-0.4, -0.2) is 41.4 Å². The number of methoxy groups -OCH3 is 1. The first-order valence-electron chi connectivity index (χ1n) is 16.2. The molecule has 1 unspecified atom stereocenters. The van der Waals surface area contributed by atoms with Gasteiger partial charge in [0, 0.05) is 39.4 Å². The minimum absolute atomic E-state index is 0.0287. The SMILES string of the molecule is C/C=S(/NC(=O)c1ccc2c(C3CCCCC3)c3n(c2c1)CC(c1cccc2c1OCCO2)=Cc1cc(OC)ccc1-3)C(C)C. The van der Waals surface area contributed by atoms with Crippen LogP contribution in [-0.2, 0) is 6.54 Å². The van der Waals surface area contributed by atoms with E-state index in [-0.39, 0.29) is 16.6 Å². The Morgan fingerprint density at radius 1 is 1.02 bits per heavy atom. The summed E-state index contributed by atoms with van der Waals surface area (Å²) in [4.78, 5) is 13.6. The van der Waals surface area contributed by atoms with Crippen molar-refractivity contribution in [2.24, 2.45) is 0 Å². The molecular formula is C38H42N2O4S. The monoisotopic (exact) mass is 622 g/mol. The summed E-state index contributed by atoms with van der Waals surface area (Å²) in [7, 11) is 1.43. The van der Waals surface area contributed by atoms with Crippen LogP contribution in [0.25, 0.3) is 33.8 Å². The average molecular weight is 623 g/mol. The zero-order valence-electron chi connectivity index (χ0n) is 26.7. The van der Waals surface area contributed by atoms with Gasteiger partial charge < -0.3 is 23.5 Å². The van der Waals surface area contributed by atoms with Gasteiger partial charge in [-0.3, -0.25) is 4.79 Å². The maximum atomic E-state index is 13.6. The number of allylic oxidation sites excluding steroid dienone is 1. The number of hydrogen-bond acceptors (Lipinski definition) is 4. The molecule has 0 bridgehead atoms. The molecule has 4 aromatic rings. The van der Waals surface area contributed by atoms with Crippen molar-refractivity contribution in [1.29, 1.82) is 0 Å². The van der Waals surface area contributed by atoms with E-state index in [9.17, 15) is 4.79 Å². The Morgan fingerprint density at radius 3 is 2.62 bits per heavy atom. The zero-order valence-corrected chi connectivity index (χ0v) is 27.5. The quantitative estimate of drug-likeness (QED) is 0.218. The van der Waals surface area contributed by atoms with E-state index in [1.807, 2.05) is 25.1 Å². The zero-order chi connectivity index (χ0) is 31.1. The van der Waals surface area contributed by atoms with Gasteiger partial charge in [-0.2, -0.15) is 0 Å². The van der Waals surface area contributed by atoms with E-state index in [0.717, 1.165) is 39.5 Å². The van der Waals surface area contributed by atoms with Gasteiger partial charge >= 0.3 is 0 Å². The molecule has 7 heteroatoms. The number of hydrogen-bond donors (Lipinski definition) is 1. The van der Waals surface area contributed by atoms with Crippen LogP contribution >= 0.6 is 10.7 Å². The first-order valence-corrected chi connectivity index (χ1v) is 17.6. The van der Waals surface area contributed by atoms with Crippen LogP contribution in [0.3, 0.4) is 0 Å². The molecule has 1 saturated carbocycles. The van der Waals surface area contributed by atoms with Crippen molar-refractivity contribution >= 4 is 44.5 Å². The second-order valence-corrected chi connectivity index (χ2v) is 14.8. The molecular weight excluding hydrogens is 580 g/mol. The number of para-hydroxylation sites is 1. The molecule has 7 rings (SSSR count).